The number of carbonyl (C=O) groups excluding carboxylic acids is 1. The van der Waals surface area contributed by atoms with Crippen molar-refractivity contribution in [2.24, 2.45) is 0 Å². The van der Waals surface area contributed by atoms with E-state index in [1.54, 1.807) is 6.92 Å². The molecular formula is C19H24N2O3. The summed E-state index contributed by atoms with van der Waals surface area (Å²) in [6.45, 7) is 2.22. The van der Waals surface area contributed by atoms with Crippen molar-refractivity contribution in [3.05, 3.63) is 29.6 Å². The van der Waals surface area contributed by atoms with Crippen LogP contribution in [0, 0.1) is 0 Å². The van der Waals surface area contributed by atoms with Gasteiger partial charge in [-0.3, -0.25) is 9.59 Å². The zero-order valence-electron chi connectivity index (χ0n) is 14.1. The van der Waals surface area contributed by atoms with E-state index in [4.69, 9.17) is 10.1 Å². The molecule has 24 heavy (non-hydrogen) atoms. The van der Waals surface area contributed by atoms with Crippen LogP contribution in [-0.4, -0.2) is 26.4 Å². The van der Waals surface area contributed by atoms with Crippen molar-refractivity contribution in [1.29, 1.82) is 0 Å². The lowest BCUT2D eigenvalue weighted by Crippen LogP contribution is -2.13. The molecule has 0 amide bonds. The lowest BCUT2D eigenvalue weighted by atomic mass is 9.88. The number of carboxylic acids is 1. The van der Waals surface area contributed by atoms with Gasteiger partial charge >= 0.3 is 5.97 Å². The molecule has 1 aliphatic rings. The van der Waals surface area contributed by atoms with Gasteiger partial charge in [-0.1, -0.05) is 19.3 Å². The molecule has 1 saturated carbocycles. The molecule has 1 heterocycles. The molecule has 1 aliphatic carbocycles. The Morgan fingerprint density at radius 2 is 2.00 bits per heavy atom. The third-order valence-electron chi connectivity index (χ3n) is 4.93. The third-order valence-corrected chi connectivity index (χ3v) is 4.93. The van der Waals surface area contributed by atoms with E-state index in [0.717, 1.165) is 29.7 Å². The Balaban J connectivity index is 1.98. The lowest BCUT2D eigenvalue weighted by Gasteiger charge is -2.22. The van der Waals surface area contributed by atoms with E-state index in [2.05, 4.69) is 4.57 Å². The quantitative estimate of drug-likeness (QED) is 0.809. The van der Waals surface area contributed by atoms with Crippen molar-refractivity contribution >= 4 is 22.8 Å². The van der Waals surface area contributed by atoms with Crippen molar-refractivity contribution in [2.45, 2.75) is 64.3 Å². The van der Waals surface area contributed by atoms with Gasteiger partial charge in [-0.05, 0) is 44.4 Å². The standard InChI is InChI=1S/C19H24N2O3/c1-13(22)15-9-10-17-16(12-15)20-19(14-6-3-2-4-7-14)21(17)11-5-8-18(23)24/h9-10,12,14H,2-8,11H2,1H3,(H,23,24). The topological polar surface area (TPSA) is 72.2 Å². The Bertz CT molecular complexity index is 757. The van der Waals surface area contributed by atoms with Crippen LogP contribution in [0.3, 0.4) is 0 Å². The van der Waals surface area contributed by atoms with Crippen molar-refractivity contribution in [1.82, 2.24) is 9.55 Å². The first-order chi connectivity index (χ1) is 11.6. The number of fused-ring (bicyclic) bond motifs is 1. The summed E-state index contributed by atoms with van der Waals surface area (Å²) in [5.74, 6) is 0.779. The number of Topliss-reactive ketones (excluding diaryl/α,β-unsaturated/α-hetero) is 1. The van der Waals surface area contributed by atoms with Gasteiger partial charge in [-0.25, -0.2) is 4.98 Å². The fourth-order valence-corrected chi connectivity index (χ4v) is 3.66. The van der Waals surface area contributed by atoms with Gasteiger partial charge in [-0.2, -0.15) is 0 Å². The van der Waals surface area contributed by atoms with Gasteiger partial charge in [0, 0.05) is 24.4 Å². The highest BCUT2D eigenvalue weighted by atomic mass is 16.4. The van der Waals surface area contributed by atoms with Crippen LogP contribution in [0.4, 0.5) is 0 Å². The van der Waals surface area contributed by atoms with Crippen molar-refractivity contribution < 1.29 is 14.7 Å². The number of hydrogen-bond donors (Lipinski definition) is 1. The van der Waals surface area contributed by atoms with Crippen LogP contribution in [0.1, 0.15) is 74.0 Å². The van der Waals surface area contributed by atoms with Crippen LogP contribution in [-0.2, 0) is 11.3 Å². The molecule has 1 fully saturated rings. The summed E-state index contributed by atoms with van der Waals surface area (Å²) >= 11 is 0. The maximum Gasteiger partial charge on any atom is 0.303 e. The normalized spacial score (nSPS) is 15.7. The van der Waals surface area contributed by atoms with Crippen molar-refractivity contribution in [2.75, 3.05) is 0 Å². The lowest BCUT2D eigenvalue weighted by molar-refractivity contribution is -0.137. The SMILES string of the molecule is CC(=O)c1ccc2c(c1)nc(C1CCCCC1)n2CCCC(=O)O. The Kier molecular flexibility index (Phi) is 4.97. The second-order valence-electron chi connectivity index (χ2n) is 6.71. The molecule has 5 nitrogen and oxygen atoms in total. The van der Waals surface area contributed by atoms with Gasteiger partial charge in [0.1, 0.15) is 5.82 Å². The Morgan fingerprint density at radius 3 is 2.67 bits per heavy atom. The van der Waals surface area contributed by atoms with Crippen molar-refractivity contribution in [3.8, 4) is 0 Å². The van der Waals surface area contributed by atoms with E-state index >= 15 is 0 Å². The second-order valence-corrected chi connectivity index (χ2v) is 6.71. The minimum Gasteiger partial charge on any atom is -0.481 e. The predicted molar refractivity (Wildman–Crippen MR) is 92.4 cm³/mol. The molecule has 3 rings (SSSR count). The third kappa shape index (κ3) is 3.50. The van der Waals surface area contributed by atoms with E-state index in [-0.39, 0.29) is 12.2 Å². The van der Waals surface area contributed by atoms with E-state index in [1.165, 1.54) is 19.3 Å². The Labute approximate surface area is 141 Å². The number of carbonyl (C=O) groups is 2. The average molecular weight is 328 g/mol. The van der Waals surface area contributed by atoms with E-state index in [1.807, 2.05) is 18.2 Å². The maximum atomic E-state index is 11.6. The zero-order valence-corrected chi connectivity index (χ0v) is 14.1. The Hall–Kier alpha value is -2.17. The van der Waals surface area contributed by atoms with Gasteiger partial charge in [-0.15, -0.1) is 0 Å². The smallest absolute Gasteiger partial charge is 0.303 e. The fourth-order valence-electron chi connectivity index (χ4n) is 3.66. The fraction of sp³-hybridized carbons (Fsp3) is 0.526. The van der Waals surface area contributed by atoms with Crippen molar-refractivity contribution in [3.63, 3.8) is 0 Å². The van der Waals surface area contributed by atoms with Crippen LogP contribution in [0.15, 0.2) is 18.2 Å². The first-order valence-electron chi connectivity index (χ1n) is 8.79. The molecule has 1 aromatic heterocycles. The molecule has 0 unspecified atom stereocenters. The minimum absolute atomic E-state index is 0.0385. The summed E-state index contributed by atoms with van der Waals surface area (Å²) in [5, 5.41) is 8.91. The number of hydrogen-bond acceptors (Lipinski definition) is 3. The number of nitrogens with zero attached hydrogens (tertiary/aromatic N) is 2. The van der Waals surface area contributed by atoms with E-state index < -0.39 is 5.97 Å². The van der Waals surface area contributed by atoms with Crippen LogP contribution in [0.5, 0.6) is 0 Å². The highest BCUT2D eigenvalue weighted by Crippen LogP contribution is 2.34. The highest BCUT2D eigenvalue weighted by Gasteiger charge is 2.22. The number of imidazole rings is 1. The largest absolute Gasteiger partial charge is 0.481 e. The minimum atomic E-state index is -0.766. The number of rotatable bonds is 6. The van der Waals surface area contributed by atoms with Gasteiger partial charge < -0.3 is 9.67 Å². The van der Waals surface area contributed by atoms with Crippen LogP contribution >= 0.6 is 0 Å². The average Bonchev–Trinajstić information content (AvgIpc) is 2.93. The van der Waals surface area contributed by atoms with Crippen LogP contribution in [0.2, 0.25) is 0 Å². The first-order valence-corrected chi connectivity index (χ1v) is 8.79. The molecule has 0 radical (unpaired) electrons. The summed E-state index contributed by atoms with van der Waals surface area (Å²) in [5.41, 5.74) is 2.53. The monoisotopic (exact) mass is 328 g/mol. The molecule has 1 aromatic carbocycles. The maximum absolute atomic E-state index is 11.6. The molecule has 0 atom stereocenters. The number of carboxylic acid groups (broad SMARTS) is 1. The summed E-state index contributed by atoms with van der Waals surface area (Å²) in [4.78, 5) is 27.3. The highest BCUT2D eigenvalue weighted by molar-refractivity contribution is 5.97. The summed E-state index contributed by atoms with van der Waals surface area (Å²) < 4.78 is 2.18. The molecular weight excluding hydrogens is 304 g/mol. The number of benzene rings is 1. The molecule has 0 spiro atoms. The number of aromatic nitrogens is 2. The number of aryl methyl sites for hydroxylation is 1. The Morgan fingerprint density at radius 1 is 1.25 bits per heavy atom. The summed E-state index contributed by atoms with van der Waals surface area (Å²) in [6.07, 6.45) is 6.77. The van der Waals surface area contributed by atoms with Gasteiger partial charge in [0.25, 0.3) is 0 Å². The van der Waals surface area contributed by atoms with E-state index in [9.17, 15) is 9.59 Å². The first kappa shape index (κ1) is 16.7. The molecule has 1 N–H and O–H groups in total. The molecule has 128 valence electrons. The second kappa shape index (κ2) is 7.16. The molecule has 0 aliphatic heterocycles. The van der Waals surface area contributed by atoms with E-state index in [0.29, 0.717) is 24.4 Å². The van der Waals surface area contributed by atoms with Gasteiger partial charge in [0.2, 0.25) is 0 Å². The molecule has 2 aromatic rings. The summed E-state index contributed by atoms with van der Waals surface area (Å²) in [7, 11) is 0. The molecule has 0 saturated heterocycles. The number of ketones is 1. The predicted octanol–water partition coefficient (Wildman–Crippen LogP) is 4.15. The van der Waals surface area contributed by atoms with Gasteiger partial charge in [0.15, 0.2) is 5.78 Å². The number of aliphatic carboxylic acids is 1. The van der Waals surface area contributed by atoms with Crippen LogP contribution in [0.25, 0.3) is 11.0 Å². The van der Waals surface area contributed by atoms with Crippen LogP contribution < -0.4 is 0 Å². The zero-order chi connectivity index (χ0) is 17.1. The van der Waals surface area contributed by atoms with Gasteiger partial charge in [0.05, 0.1) is 11.0 Å². The molecule has 0 bridgehead atoms. The molecule has 5 heteroatoms. The summed E-state index contributed by atoms with van der Waals surface area (Å²) in [6, 6.07) is 5.65.